The van der Waals surface area contributed by atoms with Crippen LogP contribution >= 0.6 is 0 Å². The molecule has 8 heteroatoms. The third kappa shape index (κ3) is 5.33. The Morgan fingerprint density at radius 1 is 1.07 bits per heavy atom. The molecule has 148 valence electrons. The van der Waals surface area contributed by atoms with E-state index in [0.717, 1.165) is 63.9 Å². The van der Waals surface area contributed by atoms with Crippen LogP contribution in [0.3, 0.4) is 0 Å². The van der Waals surface area contributed by atoms with Crippen LogP contribution in [0, 0.1) is 17.3 Å². The smallest absolute Gasteiger partial charge is 0.179 e. The van der Waals surface area contributed by atoms with Gasteiger partial charge in [-0.3, -0.25) is 0 Å². The molecule has 0 bridgehead atoms. The van der Waals surface area contributed by atoms with Crippen LogP contribution in [0.25, 0.3) is 0 Å². The second kappa shape index (κ2) is 8.44. The van der Waals surface area contributed by atoms with E-state index in [1.165, 1.54) is 12.1 Å². The second-order valence-corrected chi connectivity index (χ2v) is 9.32. The van der Waals surface area contributed by atoms with Gasteiger partial charge in [-0.1, -0.05) is 0 Å². The molecule has 0 atom stereocenters. The lowest BCUT2D eigenvalue weighted by atomic mass is 9.94. The number of nitriles is 1. The topological polar surface area (TPSA) is 79.6 Å². The summed E-state index contributed by atoms with van der Waals surface area (Å²) in [6, 6.07) is 3.76. The lowest BCUT2D eigenvalue weighted by Gasteiger charge is -2.34. The van der Waals surface area contributed by atoms with Crippen molar-refractivity contribution in [2.75, 3.05) is 19.3 Å². The normalized spacial score (nSPS) is 24.4. The van der Waals surface area contributed by atoms with E-state index in [4.69, 9.17) is 14.7 Å². The molecule has 1 aliphatic carbocycles. The molecular weight excluding hydrogens is 371 g/mol. The molecule has 2 aliphatic rings. The van der Waals surface area contributed by atoms with Gasteiger partial charge in [0.15, 0.2) is 27.6 Å². The predicted octanol–water partition coefficient (Wildman–Crippen LogP) is 2.88. The number of likely N-dealkylation sites (tertiary alicyclic amines) is 1. The van der Waals surface area contributed by atoms with Crippen molar-refractivity contribution in [3.05, 3.63) is 24.0 Å². The molecule has 3 rings (SSSR count). The maximum absolute atomic E-state index is 14.1. The van der Waals surface area contributed by atoms with Gasteiger partial charge in [-0.25, -0.2) is 12.8 Å². The van der Waals surface area contributed by atoms with Gasteiger partial charge < -0.3 is 14.4 Å². The average Bonchev–Trinajstić information content (AvgIpc) is 2.65. The molecule has 2 fully saturated rings. The van der Waals surface area contributed by atoms with Crippen LogP contribution in [-0.4, -0.2) is 51.0 Å². The largest absolute Gasteiger partial charge is 0.487 e. The Kier molecular flexibility index (Phi) is 6.22. The number of benzene rings is 1. The third-order valence-electron chi connectivity index (χ3n) is 5.21. The zero-order chi connectivity index (χ0) is 19.4. The molecular formula is C19H25FN2O4S. The van der Waals surface area contributed by atoms with E-state index in [-0.39, 0.29) is 29.0 Å². The number of halogens is 1. The zero-order valence-electron chi connectivity index (χ0n) is 15.4. The van der Waals surface area contributed by atoms with Gasteiger partial charge in [0.2, 0.25) is 0 Å². The van der Waals surface area contributed by atoms with Crippen molar-refractivity contribution in [3.8, 4) is 11.9 Å². The standard InChI is InChI=1S/C19H25FN2O4S/c1-27(23,24)17-6-7-19(18(20)12-17)26-15-4-2-14(3-5-15)25-16-8-10-22(13-21)11-9-16/h6-7,12,14-16H,2-5,8-11H2,1H3. The van der Waals surface area contributed by atoms with Gasteiger partial charge in [0.25, 0.3) is 0 Å². The van der Waals surface area contributed by atoms with Crippen molar-refractivity contribution in [2.45, 2.75) is 61.7 Å². The summed E-state index contributed by atoms with van der Waals surface area (Å²) in [6.45, 7) is 1.50. The lowest BCUT2D eigenvalue weighted by Crippen LogP contribution is -2.37. The van der Waals surface area contributed by atoms with Crippen molar-refractivity contribution >= 4 is 9.84 Å². The number of rotatable bonds is 5. The third-order valence-corrected chi connectivity index (χ3v) is 6.32. The Labute approximate surface area is 159 Å². The van der Waals surface area contributed by atoms with E-state index < -0.39 is 15.7 Å². The van der Waals surface area contributed by atoms with Crippen LogP contribution in [-0.2, 0) is 14.6 Å². The Hall–Kier alpha value is -1.85. The Morgan fingerprint density at radius 2 is 1.67 bits per heavy atom. The van der Waals surface area contributed by atoms with Crippen molar-refractivity contribution in [1.29, 1.82) is 5.26 Å². The molecule has 0 amide bonds. The fourth-order valence-corrected chi connectivity index (χ4v) is 4.27. The summed E-state index contributed by atoms with van der Waals surface area (Å²) in [5.74, 6) is -0.559. The van der Waals surface area contributed by atoms with Gasteiger partial charge >= 0.3 is 0 Å². The van der Waals surface area contributed by atoms with Crippen LogP contribution in [0.1, 0.15) is 38.5 Å². The fraction of sp³-hybridized carbons (Fsp3) is 0.632. The summed E-state index contributed by atoms with van der Waals surface area (Å²) >= 11 is 0. The molecule has 0 unspecified atom stereocenters. The van der Waals surface area contributed by atoms with Gasteiger partial charge in [0.05, 0.1) is 23.2 Å². The van der Waals surface area contributed by atoms with Crippen LogP contribution in [0.4, 0.5) is 4.39 Å². The minimum absolute atomic E-state index is 0.0492. The molecule has 0 aromatic heterocycles. The molecule has 1 aromatic rings. The Balaban J connectivity index is 1.47. The fourth-order valence-electron chi connectivity index (χ4n) is 3.64. The lowest BCUT2D eigenvalue weighted by molar-refractivity contribution is -0.0623. The summed E-state index contributed by atoms with van der Waals surface area (Å²) in [5, 5.41) is 8.89. The van der Waals surface area contributed by atoms with Gasteiger partial charge in [-0.05, 0) is 56.7 Å². The monoisotopic (exact) mass is 396 g/mol. The molecule has 1 aliphatic heterocycles. The highest BCUT2D eigenvalue weighted by Crippen LogP contribution is 2.29. The second-order valence-electron chi connectivity index (χ2n) is 7.30. The van der Waals surface area contributed by atoms with Gasteiger partial charge in [0.1, 0.15) is 0 Å². The van der Waals surface area contributed by atoms with Crippen LogP contribution in [0.5, 0.6) is 5.75 Å². The molecule has 27 heavy (non-hydrogen) atoms. The van der Waals surface area contributed by atoms with E-state index in [9.17, 15) is 12.8 Å². The zero-order valence-corrected chi connectivity index (χ0v) is 16.3. The summed E-state index contributed by atoms with van der Waals surface area (Å²) in [7, 11) is -3.43. The number of piperidine rings is 1. The van der Waals surface area contributed by atoms with E-state index in [1.54, 1.807) is 4.90 Å². The molecule has 1 heterocycles. The first-order valence-corrected chi connectivity index (χ1v) is 11.2. The van der Waals surface area contributed by atoms with Crippen LogP contribution < -0.4 is 4.74 Å². The molecule has 0 radical (unpaired) electrons. The number of sulfone groups is 1. The van der Waals surface area contributed by atoms with Crippen molar-refractivity contribution in [2.24, 2.45) is 0 Å². The molecule has 1 saturated carbocycles. The maximum atomic E-state index is 14.1. The maximum Gasteiger partial charge on any atom is 0.179 e. The summed E-state index contributed by atoms with van der Waals surface area (Å²) < 4.78 is 49.0. The minimum atomic E-state index is -3.43. The van der Waals surface area contributed by atoms with Crippen molar-refractivity contribution in [3.63, 3.8) is 0 Å². The van der Waals surface area contributed by atoms with Crippen molar-refractivity contribution in [1.82, 2.24) is 4.90 Å². The van der Waals surface area contributed by atoms with Crippen molar-refractivity contribution < 1.29 is 22.3 Å². The van der Waals surface area contributed by atoms with Gasteiger partial charge in [-0.2, -0.15) is 5.26 Å². The quantitative estimate of drug-likeness (QED) is 0.712. The van der Waals surface area contributed by atoms with E-state index in [1.807, 2.05) is 0 Å². The average molecular weight is 396 g/mol. The van der Waals surface area contributed by atoms with Gasteiger partial charge in [0, 0.05) is 19.3 Å². The van der Waals surface area contributed by atoms with E-state index in [2.05, 4.69) is 6.19 Å². The first-order valence-electron chi connectivity index (χ1n) is 9.31. The molecule has 0 spiro atoms. The highest BCUT2D eigenvalue weighted by Gasteiger charge is 2.27. The number of ether oxygens (including phenoxy) is 2. The van der Waals surface area contributed by atoms with E-state index in [0.29, 0.717) is 0 Å². The predicted molar refractivity (Wildman–Crippen MR) is 97.5 cm³/mol. The molecule has 6 nitrogen and oxygen atoms in total. The number of hydrogen-bond donors (Lipinski definition) is 0. The minimum Gasteiger partial charge on any atom is -0.487 e. The Morgan fingerprint density at radius 3 is 2.22 bits per heavy atom. The number of nitrogens with zero attached hydrogens (tertiary/aromatic N) is 2. The highest BCUT2D eigenvalue weighted by atomic mass is 32.2. The van der Waals surface area contributed by atoms with Gasteiger partial charge in [-0.15, -0.1) is 0 Å². The number of hydrogen-bond acceptors (Lipinski definition) is 6. The SMILES string of the molecule is CS(=O)(=O)c1ccc(OC2CCC(OC3CCN(C#N)CC3)CC2)c(F)c1. The molecule has 1 aromatic carbocycles. The Bertz CT molecular complexity index is 792. The molecule has 0 N–H and O–H groups in total. The van der Waals surface area contributed by atoms with Crippen LogP contribution in [0.15, 0.2) is 23.1 Å². The summed E-state index contributed by atoms with van der Waals surface area (Å²) in [6.07, 6.45) is 8.52. The van der Waals surface area contributed by atoms with Crippen LogP contribution in [0.2, 0.25) is 0 Å². The first kappa shape index (κ1) is 19.9. The molecule has 1 saturated heterocycles. The van der Waals surface area contributed by atoms with E-state index >= 15 is 0 Å². The summed E-state index contributed by atoms with van der Waals surface area (Å²) in [4.78, 5) is 1.71. The summed E-state index contributed by atoms with van der Waals surface area (Å²) in [5.41, 5.74) is 0. The first-order chi connectivity index (χ1) is 12.8. The highest BCUT2D eigenvalue weighted by molar-refractivity contribution is 7.90.